The number of hydrogen-bond acceptors (Lipinski definition) is 4. The van der Waals surface area contributed by atoms with Crippen LogP contribution in [0.4, 0.5) is 5.69 Å². The van der Waals surface area contributed by atoms with Gasteiger partial charge in [0.1, 0.15) is 0 Å². The third-order valence-electron chi connectivity index (χ3n) is 3.49. The van der Waals surface area contributed by atoms with Gasteiger partial charge in [0.2, 0.25) is 0 Å². The highest BCUT2D eigenvalue weighted by Crippen LogP contribution is 2.18. The van der Waals surface area contributed by atoms with E-state index in [0.29, 0.717) is 11.5 Å². The molecule has 5 nitrogen and oxygen atoms in total. The highest BCUT2D eigenvalue weighted by atomic mass is 16.3. The third-order valence-corrected chi connectivity index (χ3v) is 3.49. The van der Waals surface area contributed by atoms with Gasteiger partial charge in [-0.3, -0.25) is 15.2 Å². The van der Waals surface area contributed by atoms with Gasteiger partial charge >= 0.3 is 0 Å². The van der Waals surface area contributed by atoms with E-state index < -0.39 is 5.60 Å². The van der Waals surface area contributed by atoms with Crippen molar-refractivity contribution in [3.63, 3.8) is 0 Å². The van der Waals surface area contributed by atoms with Crippen molar-refractivity contribution in [2.75, 3.05) is 0 Å². The Morgan fingerprint density at radius 3 is 2.59 bits per heavy atom. The molecule has 22 heavy (non-hydrogen) atoms. The number of aliphatic hydroxyl groups is 1. The Morgan fingerprint density at radius 1 is 1.41 bits per heavy atom. The van der Waals surface area contributed by atoms with Crippen molar-refractivity contribution in [3.8, 4) is 0 Å². The number of nitrogens with zero attached hydrogens (tertiary/aromatic N) is 1. The van der Waals surface area contributed by atoms with Crippen molar-refractivity contribution in [1.29, 1.82) is 0 Å². The number of hydrazine groups is 1. The molecule has 5 heteroatoms. The van der Waals surface area contributed by atoms with Crippen molar-refractivity contribution in [2.45, 2.75) is 52.1 Å². The van der Waals surface area contributed by atoms with E-state index in [4.69, 9.17) is 5.84 Å². The maximum atomic E-state index is 11.3. The van der Waals surface area contributed by atoms with E-state index in [2.05, 4.69) is 17.3 Å². The molecule has 1 aromatic rings. The molecule has 0 aromatic heterocycles. The van der Waals surface area contributed by atoms with Gasteiger partial charge in [0.15, 0.2) is 0 Å². The van der Waals surface area contributed by atoms with E-state index in [9.17, 15) is 9.90 Å². The van der Waals surface area contributed by atoms with Gasteiger partial charge in [0.05, 0.1) is 11.3 Å². The summed E-state index contributed by atoms with van der Waals surface area (Å²) >= 11 is 0. The normalized spacial score (nSPS) is 13.3. The summed E-state index contributed by atoms with van der Waals surface area (Å²) < 4.78 is 0. The first-order chi connectivity index (χ1) is 10.3. The van der Waals surface area contributed by atoms with Crippen LogP contribution in [0.5, 0.6) is 0 Å². The first-order valence-electron chi connectivity index (χ1n) is 7.68. The van der Waals surface area contributed by atoms with E-state index in [1.807, 2.05) is 20.1 Å². The second kappa shape index (κ2) is 8.66. The number of rotatable bonds is 8. The quantitative estimate of drug-likeness (QED) is 0.298. The summed E-state index contributed by atoms with van der Waals surface area (Å²) in [5.41, 5.74) is 2.85. The molecule has 0 bridgehead atoms. The number of aliphatic imine (C=N–C) groups is 1. The molecule has 0 aliphatic rings. The Labute approximate surface area is 132 Å². The second-order valence-electron chi connectivity index (χ2n) is 6.38. The maximum Gasteiger partial charge on any atom is 0.265 e. The number of carbonyl (C=O) groups is 1. The number of nitrogens with one attached hydrogen (secondary N) is 1. The van der Waals surface area contributed by atoms with Crippen LogP contribution < -0.4 is 11.3 Å². The monoisotopic (exact) mass is 305 g/mol. The average molecular weight is 305 g/mol. The van der Waals surface area contributed by atoms with E-state index >= 15 is 0 Å². The van der Waals surface area contributed by atoms with E-state index in [0.717, 1.165) is 31.4 Å². The number of nitrogens with two attached hydrogens (primary N) is 1. The molecule has 0 aliphatic carbocycles. The van der Waals surface area contributed by atoms with Gasteiger partial charge in [-0.05, 0) is 56.9 Å². The molecule has 0 saturated heterocycles. The van der Waals surface area contributed by atoms with Crippen LogP contribution in [0.25, 0.3) is 0 Å². The SMILES string of the molecule is CC(CC=Nc1ccc(C(=O)NN)cc1)CCCC(C)(C)O. The van der Waals surface area contributed by atoms with Crippen LogP contribution in [0.1, 0.15) is 56.8 Å². The molecule has 1 atom stereocenters. The summed E-state index contributed by atoms with van der Waals surface area (Å²) in [6.45, 7) is 5.87. The lowest BCUT2D eigenvalue weighted by atomic mass is 9.95. The molecule has 1 unspecified atom stereocenters. The lowest BCUT2D eigenvalue weighted by Gasteiger charge is -2.17. The van der Waals surface area contributed by atoms with Gasteiger partial charge in [-0.2, -0.15) is 0 Å². The molecule has 4 N–H and O–H groups in total. The highest BCUT2D eigenvalue weighted by Gasteiger charge is 2.12. The minimum absolute atomic E-state index is 0.309. The largest absolute Gasteiger partial charge is 0.390 e. The Kier molecular flexibility index (Phi) is 7.21. The minimum atomic E-state index is -0.578. The average Bonchev–Trinajstić information content (AvgIpc) is 2.46. The van der Waals surface area contributed by atoms with Gasteiger partial charge in [-0.15, -0.1) is 0 Å². The van der Waals surface area contributed by atoms with Gasteiger partial charge < -0.3 is 5.11 Å². The summed E-state index contributed by atoms with van der Waals surface area (Å²) in [7, 11) is 0. The van der Waals surface area contributed by atoms with Crippen LogP contribution in [-0.2, 0) is 0 Å². The fraction of sp³-hybridized carbons (Fsp3) is 0.529. The Morgan fingerprint density at radius 2 is 2.05 bits per heavy atom. The Bertz CT molecular complexity index is 490. The Hall–Kier alpha value is -1.72. The Balaban J connectivity index is 2.37. The highest BCUT2D eigenvalue weighted by molar-refractivity contribution is 5.94. The second-order valence-corrected chi connectivity index (χ2v) is 6.38. The van der Waals surface area contributed by atoms with E-state index in [-0.39, 0.29) is 5.91 Å². The van der Waals surface area contributed by atoms with Crippen LogP contribution in [0.3, 0.4) is 0 Å². The van der Waals surface area contributed by atoms with Crippen LogP contribution in [0, 0.1) is 5.92 Å². The molecule has 1 amide bonds. The third kappa shape index (κ3) is 7.33. The fourth-order valence-electron chi connectivity index (χ4n) is 2.12. The van der Waals surface area contributed by atoms with Gasteiger partial charge in [0.25, 0.3) is 5.91 Å². The number of amides is 1. The molecular formula is C17H27N3O2. The van der Waals surface area contributed by atoms with Crippen molar-refractivity contribution >= 4 is 17.8 Å². The molecule has 1 aromatic carbocycles. The lowest BCUT2D eigenvalue weighted by molar-refractivity contribution is 0.0671. The molecule has 0 heterocycles. The van der Waals surface area contributed by atoms with Crippen LogP contribution >= 0.6 is 0 Å². The van der Waals surface area contributed by atoms with Crippen molar-refractivity contribution < 1.29 is 9.90 Å². The zero-order valence-corrected chi connectivity index (χ0v) is 13.7. The van der Waals surface area contributed by atoms with Crippen LogP contribution in [-0.4, -0.2) is 22.8 Å². The van der Waals surface area contributed by atoms with Crippen LogP contribution in [0.2, 0.25) is 0 Å². The van der Waals surface area contributed by atoms with E-state index in [1.165, 1.54) is 0 Å². The molecule has 0 fully saturated rings. The predicted molar refractivity (Wildman–Crippen MR) is 90.2 cm³/mol. The predicted octanol–water partition coefficient (Wildman–Crippen LogP) is 2.96. The topological polar surface area (TPSA) is 87.7 Å². The number of hydrogen-bond donors (Lipinski definition) is 3. The molecule has 1 rings (SSSR count). The van der Waals surface area contributed by atoms with Crippen molar-refractivity contribution in [2.24, 2.45) is 16.8 Å². The standard InChI is InChI=1S/C17H27N3O2/c1-13(5-4-11-17(2,3)22)10-12-19-15-8-6-14(7-9-15)16(21)20-18/h6-9,12-13,22H,4-5,10-11,18H2,1-3H3,(H,20,21). The van der Waals surface area contributed by atoms with Crippen LogP contribution in [0.15, 0.2) is 29.3 Å². The maximum absolute atomic E-state index is 11.3. The van der Waals surface area contributed by atoms with Crippen molar-refractivity contribution in [1.82, 2.24) is 5.43 Å². The first-order valence-corrected chi connectivity index (χ1v) is 7.68. The summed E-state index contributed by atoms with van der Waals surface area (Å²) in [4.78, 5) is 15.7. The van der Waals surface area contributed by atoms with Gasteiger partial charge in [0, 0.05) is 11.8 Å². The number of carbonyl (C=O) groups excluding carboxylic acids is 1. The van der Waals surface area contributed by atoms with Crippen molar-refractivity contribution in [3.05, 3.63) is 29.8 Å². The fourth-order valence-corrected chi connectivity index (χ4v) is 2.12. The minimum Gasteiger partial charge on any atom is -0.390 e. The number of benzene rings is 1. The number of nitrogen functional groups attached to an aromatic ring is 1. The molecule has 122 valence electrons. The molecule has 0 saturated carbocycles. The zero-order chi connectivity index (χ0) is 16.6. The smallest absolute Gasteiger partial charge is 0.265 e. The summed E-state index contributed by atoms with van der Waals surface area (Å²) in [6, 6.07) is 6.98. The molecule has 0 aliphatic heterocycles. The first kappa shape index (κ1) is 18.3. The zero-order valence-electron chi connectivity index (χ0n) is 13.7. The molecule has 0 spiro atoms. The summed E-state index contributed by atoms with van der Waals surface area (Å²) in [5, 5.41) is 9.67. The van der Waals surface area contributed by atoms with Gasteiger partial charge in [-0.1, -0.05) is 19.8 Å². The summed E-state index contributed by atoms with van der Waals surface area (Å²) in [5.74, 6) is 5.30. The van der Waals surface area contributed by atoms with E-state index in [1.54, 1.807) is 24.3 Å². The summed E-state index contributed by atoms with van der Waals surface area (Å²) in [6.07, 6.45) is 5.72. The molecule has 0 radical (unpaired) electrons. The molecular weight excluding hydrogens is 278 g/mol. The lowest BCUT2D eigenvalue weighted by Crippen LogP contribution is -2.29. The van der Waals surface area contributed by atoms with Gasteiger partial charge in [-0.25, -0.2) is 5.84 Å².